The highest BCUT2D eigenvalue weighted by atomic mass is 16.5. The molecule has 0 aliphatic heterocycles. The molecule has 0 unspecified atom stereocenters. The lowest BCUT2D eigenvalue weighted by atomic mass is 10.1. The van der Waals surface area contributed by atoms with Crippen LogP contribution in [0.5, 0.6) is 5.88 Å². The fourth-order valence-corrected chi connectivity index (χ4v) is 1.42. The van der Waals surface area contributed by atoms with Gasteiger partial charge < -0.3 is 4.74 Å². The Hall–Kier alpha value is -1.81. The smallest absolute Gasteiger partial charge is 0.221 e. The summed E-state index contributed by atoms with van der Waals surface area (Å²) in [6.07, 6.45) is 1.53. The van der Waals surface area contributed by atoms with E-state index in [0.29, 0.717) is 11.6 Å². The van der Waals surface area contributed by atoms with E-state index in [1.165, 1.54) is 6.20 Å². The van der Waals surface area contributed by atoms with E-state index in [-0.39, 0.29) is 0 Å². The number of methoxy groups -OCH3 is 1. The van der Waals surface area contributed by atoms with Gasteiger partial charge in [0.05, 0.1) is 19.0 Å². The lowest BCUT2D eigenvalue weighted by Gasteiger charge is -2.07. The van der Waals surface area contributed by atoms with Crippen LogP contribution in [0, 0.1) is 0 Å². The Balaban J connectivity index is 2.78. The highest BCUT2D eigenvalue weighted by molar-refractivity contribution is 5.96. The number of rotatable bonds is 2. The van der Waals surface area contributed by atoms with Crippen molar-refractivity contribution in [3.63, 3.8) is 0 Å². The number of nitrogens with one attached hydrogen (secondary N) is 1. The van der Waals surface area contributed by atoms with Gasteiger partial charge in [-0.2, -0.15) is 0 Å². The minimum absolute atomic E-state index is 0.555. The minimum atomic E-state index is 0.555. The molecule has 0 fully saturated rings. The molecule has 0 saturated heterocycles. The first-order valence-electron chi connectivity index (χ1n) is 4.18. The number of aromatic nitrogens is 1. The second-order valence-corrected chi connectivity index (χ2v) is 2.84. The Morgan fingerprint density at radius 3 is 2.64 bits per heavy atom. The monoisotopic (exact) mass is 190 g/mol. The molecule has 2 aromatic rings. The number of ether oxygens (including phenoxy) is 1. The number of hydrogen-bond acceptors (Lipinski definition) is 4. The molecule has 0 radical (unpaired) electrons. The van der Waals surface area contributed by atoms with Crippen LogP contribution in [0.2, 0.25) is 0 Å². The Bertz CT molecular complexity index is 414. The summed E-state index contributed by atoms with van der Waals surface area (Å²) in [7, 11) is 1.57. The van der Waals surface area contributed by atoms with Gasteiger partial charge in [-0.3, -0.25) is 10.7 Å². The Morgan fingerprint density at radius 2 is 2.00 bits per heavy atom. The average molecular weight is 190 g/mol. The van der Waals surface area contributed by atoms with E-state index >= 15 is 0 Å². The second-order valence-electron chi connectivity index (χ2n) is 2.84. The molecule has 14 heavy (non-hydrogen) atoms. The molecule has 4 nitrogen and oxygen atoms in total. The van der Waals surface area contributed by atoms with Gasteiger partial charge in [0.25, 0.3) is 0 Å². The Kier molecular flexibility index (Phi) is 2.20. The maximum absolute atomic E-state index is 8.87. The molecule has 0 amide bonds. The number of hydrogen-bond donors (Lipinski definition) is 2. The molecule has 2 N–H and O–H groups in total. The zero-order valence-corrected chi connectivity index (χ0v) is 7.69. The van der Waals surface area contributed by atoms with Gasteiger partial charge in [-0.15, -0.1) is 0 Å². The summed E-state index contributed by atoms with van der Waals surface area (Å²) in [5, 5.41) is 10.6. The molecule has 0 saturated carbocycles. The van der Waals surface area contributed by atoms with E-state index in [1.807, 2.05) is 24.3 Å². The number of anilines is 1. The molecule has 72 valence electrons. The quantitative estimate of drug-likeness (QED) is 0.711. The van der Waals surface area contributed by atoms with Gasteiger partial charge in [-0.05, 0) is 6.07 Å². The third kappa shape index (κ3) is 1.25. The third-order valence-corrected chi connectivity index (χ3v) is 2.07. The molecule has 4 heteroatoms. The SMILES string of the molecule is COc1ncc(NO)c2ccccc12. The van der Waals surface area contributed by atoms with Crippen molar-refractivity contribution in [1.82, 2.24) is 4.98 Å². The number of benzene rings is 1. The van der Waals surface area contributed by atoms with Gasteiger partial charge >= 0.3 is 0 Å². The van der Waals surface area contributed by atoms with Crippen LogP contribution < -0.4 is 10.2 Å². The van der Waals surface area contributed by atoms with Gasteiger partial charge in [-0.25, -0.2) is 4.98 Å². The maximum Gasteiger partial charge on any atom is 0.221 e. The minimum Gasteiger partial charge on any atom is -0.481 e. The molecule has 0 aliphatic carbocycles. The highest BCUT2D eigenvalue weighted by Gasteiger charge is 2.05. The van der Waals surface area contributed by atoms with Crippen molar-refractivity contribution in [3.05, 3.63) is 30.5 Å². The first-order valence-corrected chi connectivity index (χ1v) is 4.18. The normalized spacial score (nSPS) is 10.1. The fourth-order valence-electron chi connectivity index (χ4n) is 1.42. The summed E-state index contributed by atoms with van der Waals surface area (Å²) >= 11 is 0. The van der Waals surface area contributed by atoms with E-state index in [0.717, 1.165) is 10.8 Å². The molecule has 0 atom stereocenters. The van der Waals surface area contributed by atoms with Crippen molar-refractivity contribution >= 4 is 16.5 Å². The van der Waals surface area contributed by atoms with E-state index in [4.69, 9.17) is 9.94 Å². The fraction of sp³-hybridized carbons (Fsp3) is 0.100. The molecule has 1 heterocycles. The van der Waals surface area contributed by atoms with Gasteiger partial charge in [0.1, 0.15) is 0 Å². The lowest BCUT2D eigenvalue weighted by Crippen LogP contribution is -1.95. The van der Waals surface area contributed by atoms with Gasteiger partial charge in [0.15, 0.2) is 0 Å². The van der Waals surface area contributed by atoms with Crippen molar-refractivity contribution in [2.75, 3.05) is 12.6 Å². The summed E-state index contributed by atoms with van der Waals surface area (Å²) in [5.41, 5.74) is 2.67. The van der Waals surface area contributed by atoms with Crippen LogP contribution in [0.3, 0.4) is 0 Å². The Labute approximate surface area is 81.1 Å². The highest BCUT2D eigenvalue weighted by Crippen LogP contribution is 2.28. The zero-order valence-electron chi connectivity index (χ0n) is 7.69. The summed E-state index contributed by atoms with van der Waals surface area (Å²) in [6.45, 7) is 0. The molecule has 1 aromatic heterocycles. The molecule has 2 rings (SSSR count). The molecule has 1 aromatic carbocycles. The van der Waals surface area contributed by atoms with Crippen molar-refractivity contribution < 1.29 is 9.94 Å². The second kappa shape index (κ2) is 3.51. The summed E-state index contributed by atoms with van der Waals surface area (Å²) < 4.78 is 5.11. The van der Waals surface area contributed by atoms with E-state index in [9.17, 15) is 0 Å². The topological polar surface area (TPSA) is 54.4 Å². The third-order valence-electron chi connectivity index (χ3n) is 2.07. The van der Waals surface area contributed by atoms with Crippen LogP contribution in [0.15, 0.2) is 30.5 Å². The van der Waals surface area contributed by atoms with Crippen LogP contribution in [0.25, 0.3) is 10.8 Å². The predicted octanol–water partition coefficient (Wildman–Crippen LogP) is 2.04. The molecule has 0 spiro atoms. The first kappa shape index (κ1) is 8.77. The molecule has 0 aliphatic rings. The van der Waals surface area contributed by atoms with Crippen molar-refractivity contribution in [1.29, 1.82) is 0 Å². The van der Waals surface area contributed by atoms with Crippen molar-refractivity contribution in [2.24, 2.45) is 0 Å². The van der Waals surface area contributed by atoms with Crippen LogP contribution in [-0.2, 0) is 0 Å². The van der Waals surface area contributed by atoms with Crippen LogP contribution in [-0.4, -0.2) is 17.3 Å². The zero-order chi connectivity index (χ0) is 9.97. The van der Waals surface area contributed by atoms with E-state index in [1.54, 1.807) is 7.11 Å². The van der Waals surface area contributed by atoms with Gasteiger partial charge in [0, 0.05) is 10.8 Å². The summed E-state index contributed by atoms with van der Waals surface area (Å²) in [4.78, 5) is 4.05. The molecular weight excluding hydrogens is 180 g/mol. The average Bonchev–Trinajstić information content (AvgIpc) is 2.27. The number of pyridine rings is 1. The summed E-state index contributed by atoms with van der Waals surface area (Å²) in [5.74, 6) is 0.555. The maximum atomic E-state index is 8.87. The van der Waals surface area contributed by atoms with Crippen LogP contribution in [0.1, 0.15) is 0 Å². The predicted molar refractivity (Wildman–Crippen MR) is 53.7 cm³/mol. The summed E-state index contributed by atoms with van der Waals surface area (Å²) in [6, 6.07) is 7.57. The van der Waals surface area contributed by atoms with Crippen LogP contribution in [0.4, 0.5) is 5.69 Å². The number of fused-ring (bicyclic) bond motifs is 1. The largest absolute Gasteiger partial charge is 0.481 e. The van der Waals surface area contributed by atoms with Gasteiger partial charge in [0.2, 0.25) is 5.88 Å². The van der Waals surface area contributed by atoms with E-state index in [2.05, 4.69) is 10.5 Å². The van der Waals surface area contributed by atoms with Crippen molar-refractivity contribution in [3.8, 4) is 5.88 Å². The molecular formula is C10H10N2O2. The number of nitrogens with zero attached hydrogens (tertiary/aromatic N) is 1. The van der Waals surface area contributed by atoms with E-state index < -0.39 is 0 Å². The Morgan fingerprint density at radius 1 is 1.29 bits per heavy atom. The standard InChI is InChI=1S/C10H10N2O2/c1-14-10-8-5-3-2-4-7(8)9(12-13)6-11-10/h2-6,12-13H,1H3. The first-order chi connectivity index (χ1) is 6.86. The van der Waals surface area contributed by atoms with Crippen LogP contribution >= 0.6 is 0 Å². The molecule has 0 bridgehead atoms. The van der Waals surface area contributed by atoms with Crippen molar-refractivity contribution in [2.45, 2.75) is 0 Å². The van der Waals surface area contributed by atoms with Gasteiger partial charge in [-0.1, -0.05) is 18.2 Å². The lowest BCUT2D eigenvalue weighted by molar-refractivity contribution is 0.387.